The van der Waals surface area contributed by atoms with E-state index in [-0.39, 0.29) is 10.6 Å². The number of nitrogens with zero attached hydrogens (tertiary/aromatic N) is 1. The summed E-state index contributed by atoms with van der Waals surface area (Å²) in [5, 5.41) is 9.39. The molecular weight excluding hydrogens is 482 g/mol. The minimum absolute atomic E-state index is 0.133. The van der Waals surface area contributed by atoms with Gasteiger partial charge in [-0.2, -0.15) is 0 Å². The molecule has 20 heavy (non-hydrogen) atoms. The Morgan fingerprint density at radius 1 is 1.20 bits per heavy atom. The minimum atomic E-state index is -3.91. The van der Waals surface area contributed by atoms with Crippen molar-refractivity contribution in [2.45, 2.75) is 6.37 Å². The van der Waals surface area contributed by atoms with Crippen LogP contribution < -0.4 is 0 Å². The topological polar surface area (TPSA) is 84.3 Å². The highest BCUT2D eigenvalue weighted by atomic mass is 80.0. The maximum Gasteiger partial charge on any atom is 0.354 e. The molecule has 1 heterocycles. The fourth-order valence-electron chi connectivity index (χ4n) is 1.60. The van der Waals surface area contributed by atoms with E-state index in [2.05, 4.69) is 52.8 Å². The molecule has 9 heteroatoms. The predicted molar refractivity (Wildman–Crippen MR) is 85.4 cm³/mol. The number of benzene rings is 1. The van der Waals surface area contributed by atoms with Crippen molar-refractivity contribution in [2.75, 3.05) is 0 Å². The van der Waals surface area contributed by atoms with Crippen molar-refractivity contribution in [1.29, 1.82) is 0 Å². The predicted octanol–water partition coefficient (Wildman–Crippen LogP) is 3.50. The van der Waals surface area contributed by atoms with Crippen LogP contribution in [0.25, 0.3) is 10.9 Å². The number of alkyl halides is 3. The molecule has 0 atom stereocenters. The second-order valence-electron chi connectivity index (χ2n) is 3.78. The number of halogens is 3. The third kappa shape index (κ3) is 2.76. The van der Waals surface area contributed by atoms with E-state index in [9.17, 15) is 13.2 Å². The summed E-state index contributed by atoms with van der Waals surface area (Å²) in [5.41, 5.74) is -0.0400. The number of carboxylic acid groups (broad SMARTS) is 1. The minimum Gasteiger partial charge on any atom is -0.477 e. The van der Waals surface area contributed by atoms with Gasteiger partial charge in [0.05, 0.1) is 10.4 Å². The highest BCUT2D eigenvalue weighted by Crippen LogP contribution is 2.44. The molecule has 0 aliphatic carbocycles. The van der Waals surface area contributed by atoms with E-state index >= 15 is 0 Å². The summed E-state index contributed by atoms with van der Waals surface area (Å²) in [4.78, 5) is 14.9. The van der Waals surface area contributed by atoms with E-state index < -0.39 is 17.3 Å². The van der Waals surface area contributed by atoms with E-state index in [1.54, 1.807) is 24.3 Å². The van der Waals surface area contributed by atoms with Crippen LogP contribution in [0, 0.1) is 0 Å². The summed E-state index contributed by atoms with van der Waals surface area (Å²) >= 11 is 8.88. The second kappa shape index (κ2) is 5.36. The zero-order chi connectivity index (χ0) is 15.1. The van der Waals surface area contributed by atoms with Gasteiger partial charge in [0.15, 0.2) is 0 Å². The van der Waals surface area contributed by atoms with Gasteiger partial charge >= 0.3 is 5.97 Å². The van der Waals surface area contributed by atoms with Crippen LogP contribution in [0.15, 0.2) is 35.2 Å². The molecule has 0 unspecified atom stereocenters. The van der Waals surface area contributed by atoms with Crippen LogP contribution in [0.1, 0.15) is 10.5 Å². The second-order valence-corrected chi connectivity index (χ2v) is 14.2. The fraction of sp³-hybridized carbons (Fsp3) is 0.0909. The molecular formula is C11H6Br3NO4S. The molecule has 106 valence electrons. The molecule has 1 N–H and O–H groups in total. The largest absolute Gasteiger partial charge is 0.477 e. The molecule has 0 aliphatic heterocycles. The third-order valence-electron chi connectivity index (χ3n) is 2.49. The average molecular weight is 488 g/mol. The number of aromatic nitrogens is 1. The number of sulfone groups is 1. The van der Waals surface area contributed by atoms with Gasteiger partial charge < -0.3 is 5.11 Å². The lowest BCUT2D eigenvalue weighted by molar-refractivity contribution is 0.0690. The van der Waals surface area contributed by atoms with Crippen molar-refractivity contribution in [3.63, 3.8) is 0 Å². The first-order valence-corrected chi connectivity index (χ1v) is 8.95. The van der Waals surface area contributed by atoms with Crippen molar-refractivity contribution in [2.24, 2.45) is 0 Å². The summed E-state index contributed by atoms with van der Waals surface area (Å²) in [6, 6.07) is 7.47. The van der Waals surface area contributed by atoms with Gasteiger partial charge in [0, 0.05) is 5.39 Å². The molecule has 2 rings (SSSR count). The maximum absolute atomic E-state index is 12.5. The van der Waals surface area contributed by atoms with Crippen molar-refractivity contribution in [1.82, 2.24) is 4.98 Å². The number of rotatable bonds is 2. The summed E-state index contributed by atoms with van der Waals surface area (Å²) < 4.78 is 23.4. The molecule has 0 saturated carbocycles. The van der Waals surface area contributed by atoms with Gasteiger partial charge in [-0.3, -0.25) is 0 Å². The Bertz CT molecular complexity index is 799. The van der Waals surface area contributed by atoms with Gasteiger partial charge in [-0.1, -0.05) is 18.2 Å². The van der Waals surface area contributed by atoms with Gasteiger partial charge in [0.1, 0.15) is 5.69 Å². The lowest BCUT2D eigenvalue weighted by Crippen LogP contribution is -2.19. The first-order valence-electron chi connectivity index (χ1n) is 5.09. The van der Waals surface area contributed by atoms with Gasteiger partial charge in [-0.25, -0.2) is 18.2 Å². The van der Waals surface area contributed by atoms with Crippen molar-refractivity contribution in [3.05, 3.63) is 36.0 Å². The Labute approximate surface area is 139 Å². The molecule has 0 aliphatic rings. The molecule has 0 bridgehead atoms. The molecule has 2 aromatic rings. The lowest BCUT2D eigenvalue weighted by atomic mass is 10.2. The number of hydrogen-bond acceptors (Lipinski definition) is 4. The number of para-hydroxylation sites is 1. The van der Waals surface area contributed by atoms with E-state index in [4.69, 9.17) is 5.11 Å². The normalized spacial score (nSPS) is 12.6. The molecule has 0 amide bonds. The molecule has 0 saturated heterocycles. The Balaban J connectivity index is 2.91. The summed E-state index contributed by atoms with van der Waals surface area (Å²) in [6.07, 6.45) is 0. The van der Waals surface area contributed by atoms with Gasteiger partial charge in [0.2, 0.25) is 11.3 Å². The fourth-order valence-corrected chi connectivity index (χ4v) is 4.15. The molecule has 0 fully saturated rings. The number of carboxylic acids is 1. The Morgan fingerprint density at radius 2 is 1.80 bits per heavy atom. The van der Waals surface area contributed by atoms with Crippen LogP contribution in [0.5, 0.6) is 0 Å². The van der Waals surface area contributed by atoms with Crippen LogP contribution >= 0.6 is 47.8 Å². The zero-order valence-corrected chi connectivity index (χ0v) is 15.1. The quantitative estimate of drug-likeness (QED) is 0.655. The molecule has 5 nitrogen and oxygen atoms in total. The number of pyridine rings is 1. The molecule has 1 aromatic heterocycles. The number of fused-ring (bicyclic) bond motifs is 1. The van der Waals surface area contributed by atoms with Crippen LogP contribution in [-0.4, -0.2) is 26.0 Å². The van der Waals surface area contributed by atoms with Crippen LogP contribution in [0.4, 0.5) is 0 Å². The molecule has 0 radical (unpaired) electrons. The zero-order valence-electron chi connectivity index (χ0n) is 9.55. The Kier molecular flexibility index (Phi) is 4.25. The van der Waals surface area contributed by atoms with Gasteiger partial charge in [0.25, 0.3) is 0 Å². The standard InChI is InChI=1S/C11H6Br3NO4S/c12-11(13,14)20(18,19)9-5-8(10(16)17)15-7-4-2-1-3-6(7)9/h1-5H,(H,16,17). The van der Waals surface area contributed by atoms with Crippen molar-refractivity contribution >= 4 is 74.5 Å². The maximum atomic E-state index is 12.5. The van der Waals surface area contributed by atoms with Crippen LogP contribution in [-0.2, 0) is 9.84 Å². The van der Waals surface area contributed by atoms with E-state index in [1.165, 1.54) is 0 Å². The third-order valence-corrected chi connectivity index (χ3v) is 7.85. The summed E-state index contributed by atoms with van der Waals surface area (Å²) in [6.45, 7) is 0. The highest BCUT2D eigenvalue weighted by Gasteiger charge is 2.39. The van der Waals surface area contributed by atoms with Gasteiger partial charge in [-0.05, 0) is 59.9 Å². The van der Waals surface area contributed by atoms with E-state index in [0.717, 1.165) is 6.07 Å². The van der Waals surface area contributed by atoms with Gasteiger partial charge in [-0.15, -0.1) is 0 Å². The smallest absolute Gasteiger partial charge is 0.354 e. The Morgan fingerprint density at radius 3 is 2.35 bits per heavy atom. The average Bonchev–Trinajstić information content (AvgIpc) is 2.35. The monoisotopic (exact) mass is 485 g/mol. The van der Waals surface area contributed by atoms with Crippen molar-refractivity contribution in [3.8, 4) is 0 Å². The summed E-state index contributed by atoms with van der Waals surface area (Å²) in [7, 11) is -3.91. The SMILES string of the molecule is O=C(O)c1cc(S(=O)(=O)C(Br)(Br)Br)c2ccccc2n1. The first-order chi connectivity index (χ1) is 9.14. The Hall–Kier alpha value is -0.510. The number of carbonyl (C=O) groups is 1. The number of hydrogen-bond donors (Lipinski definition) is 1. The van der Waals surface area contributed by atoms with Crippen LogP contribution in [0.2, 0.25) is 0 Å². The summed E-state index contributed by atoms with van der Waals surface area (Å²) in [5.74, 6) is -1.29. The highest BCUT2D eigenvalue weighted by molar-refractivity contribution is 9.42. The molecule has 1 aromatic carbocycles. The van der Waals surface area contributed by atoms with Crippen molar-refractivity contribution < 1.29 is 18.3 Å². The molecule has 0 spiro atoms. The lowest BCUT2D eigenvalue weighted by Gasteiger charge is -2.15. The first kappa shape index (κ1) is 15.9. The van der Waals surface area contributed by atoms with E-state index in [0.29, 0.717) is 10.9 Å². The van der Waals surface area contributed by atoms with Crippen LogP contribution in [0.3, 0.4) is 0 Å². The number of aromatic carboxylic acids is 1. The van der Waals surface area contributed by atoms with E-state index in [1.807, 2.05) is 0 Å².